The molecule has 2 aromatic rings. The molecule has 0 spiro atoms. The highest BCUT2D eigenvalue weighted by molar-refractivity contribution is 5.99. The molecule has 3 N–H and O–H groups in total. The van der Waals surface area contributed by atoms with Crippen LogP contribution in [0.3, 0.4) is 0 Å². The molecule has 0 aliphatic heterocycles. The minimum absolute atomic E-state index is 0.154. The van der Waals surface area contributed by atoms with E-state index in [1.54, 1.807) is 5.48 Å². The summed E-state index contributed by atoms with van der Waals surface area (Å²) in [5.74, 6) is -0.616. The van der Waals surface area contributed by atoms with E-state index in [1.807, 2.05) is 49.4 Å². The van der Waals surface area contributed by atoms with Gasteiger partial charge in [0.15, 0.2) is 5.78 Å². The third-order valence-corrected chi connectivity index (χ3v) is 5.26. The molecule has 0 saturated carbocycles. The minimum Gasteiger partial charge on any atom is -0.294 e. The second kappa shape index (κ2) is 13.5. The first-order chi connectivity index (χ1) is 15.0. The highest BCUT2D eigenvalue weighted by atomic mass is 16.6. The predicted octanol–water partition coefficient (Wildman–Crippen LogP) is 4.33. The number of nitrogens with one attached hydrogen (secondary N) is 2. The van der Waals surface area contributed by atoms with Crippen molar-refractivity contribution in [1.82, 2.24) is 11.0 Å². The van der Waals surface area contributed by atoms with Gasteiger partial charge in [-0.1, -0.05) is 56.2 Å². The van der Waals surface area contributed by atoms with Gasteiger partial charge < -0.3 is 0 Å². The zero-order valence-corrected chi connectivity index (χ0v) is 18.1. The lowest BCUT2D eigenvalue weighted by atomic mass is 9.99. The summed E-state index contributed by atoms with van der Waals surface area (Å²) in [6, 6.07) is 13.8. The van der Waals surface area contributed by atoms with Crippen molar-refractivity contribution < 1.29 is 24.4 Å². The lowest BCUT2D eigenvalue weighted by molar-refractivity contribution is -0.138. The second-order valence-electron chi connectivity index (χ2n) is 7.79. The number of benzene rings is 2. The Bertz CT molecular complexity index is 868. The second-order valence-corrected chi connectivity index (χ2v) is 7.79. The Morgan fingerprint density at radius 2 is 1.68 bits per heavy atom. The van der Waals surface area contributed by atoms with Gasteiger partial charge in [0.25, 0.3) is 0 Å². The summed E-state index contributed by atoms with van der Waals surface area (Å²) in [5.41, 5.74) is 4.76. The van der Waals surface area contributed by atoms with E-state index in [2.05, 4.69) is 5.48 Å². The normalized spacial score (nSPS) is 11.8. The quantitative estimate of drug-likeness (QED) is 0.180. The molecule has 31 heavy (non-hydrogen) atoms. The van der Waals surface area contributed by atoms with E-state index in [4.69, 9.17) is 10.0 Å². The first-order valence-electron chi connectivity index (χ1n) is 10.9. The molecule has 1 unspecified atom stereocenters. The number of ketones is 1. The van der Waals surface area contributed by atoms with Gasteiger partial charge in [0, 0.05) is 24.3 Å². The molecule has 0 heterocycles. The SMILES string of the molecule is CC(CCCCCC(=O)c1ccc2ccccc2c1)C(=O)NOCCCCC(=O)NO. The largest absolute Gasteiger partial charge is 0.294 e. The number of hydrogen-bond donors (Lipinski definition) is 3. The third-order valence-electron chi connectivity index (χ3n) is 5.26. The Balaban J connectivity index is 1.55. The molecular weight excluding hydrogens is 396 g/mol. The van der Waals surface area contributed by atoms with Crippen molar-refractivity contribution in [3.63, 3.8) is 0 Å². The fraction of sp³-hybridized carbons (Fsp3) is 0.458. The summed E-state index contributed by atoms with van der Waals surface area (Å²) in [5, 5.41) is 10.6. The maximum atomic E-state index is 12.4. The molecular formula is C24H32N2O5. The van der Waals surface area contributed by atoms with Crippen molar-refractivity contribution in [2.24, 2.45) is 5.92 Å². The number of hydrogen-bond acceptors (Lipinski definition) is 5. The van der Waals surface area contributed by atoms with Crippen molar-refractivity contribution in [1.29, 1.82) is 0 Å². The van der Waals surface area contributed by atoms with Crippen molar-refractivity contribution in [2.45, 2.75) is 58.3 Å². The Kier molecular flexibility index (Phi) is 10.7. The van der Waals surface area contributed by atoms with Gasteiger partial charge >= 0.3 is 0 Å². The van der Waals surface area contributed by atoms with Crippen LogP contribution in [-0.4, -0.2) is 29.4 Å². The molecule has 0 aromatic heterocycles. The molecule has 168 valence electrons. The molecule has 1 atom stereocenters. The van der Waals surface area contributed by atoms with Gasteiger partial charge in [-0.05, 0) is 42.5 Å². The van der Waals surface area contributed by atoms with E-state index in [1.165, 1.54) is 0 Å². The first kappa shape index (κ1) is 24.5. The van der Waals surface area contributed by atoms with E-state index >= 15 is 0 Å². The number of hydroxylamine groups is 2. The molecule has 0 aliphatic rings. The monoisotopic (exact) mass is 428 g/mol. The van der Waals surface area contributed by atoms with Crippen LogP contribution < -0.4 is 11.0 Å². The zero-order chi connectivity index (χ0) is 22.5. The van der Waals surface area contributed by atoms with Gasteiger partial charge in [-0.15, -0.1) is 0 Å². The van der Waals surface area contributed by atoms with Crippen molar-refractivity contribution in [3.05, 3.63) is 48.0 Å². The van der Waals surface area contributed by atoms with Crippen LogP contribution in [0.2, 0.25) is 0 Å². The van der Waals surface area contributed by atoms with Crippen LogP contribution in [-0.2, 0) is 14.4 Å². The number of Topliss-reactive ketones (excluding diaryl/α,β-unsaturated/α-hetero) is 1. The fourth-order valence-electron chi connectivity index (χ4n) is 3.29. The molecule has 0 radical (unpaired) electrons. The first-order valence-corrected chi connectivity index (χ1v) is 10.9. The number of unbranched alkanes of at least 4 members (excludes halogenated alkanes) is 3. The fourth-order valence-corrected chi connectivity index (χ4v) is 3.29. The molecule has 2 rings (SSSR count). The number of fused-ring (bicyclic) bond motifs is 1. The highest BCUT2D eigenvalue weighted by Gasteiger charge is 2.13. The van der Waals surface area contributed by atoms with Gasteiger partial charge in [-0.25, -0.2) is 11.0 Å². The molecule has 7 nitrogen and oxygen atoms in total. The third kappa shape index (κ3) is 8.86. The van der Waals surface area contributed by atoms with E-state index in [0.717, 1.165) is 42.0 Å². The summed E-state index contributed by atoms with van der Waals surface area (Å²) in [6.45, 7) is 2.17. The molecule has 0 aliphatic carbocycles. The maximum Gasteiger partial charge on any atom is 0.246 e. The lowest BCUT2D eigenvalue weighted by Crippen LogP contribution is -2.29. The van der Waals surface area contributed by atoms with Crippen LogP contribution in [0.25, 0.3) is 10.8 Å². The van der Waals surface area contributed by atoms with Crippen molar-refractivity contribution in [2.75, 3.05) is 6.61 Å². The summed E-state index contributed by atoms with van der Waals surface area (Å²) in [4.78, 5) is 40.4. The smallest absolute Gasteiger partial charge is 0.246 e. The van der Waals surface area contributed by atoms with Gasteiger partial charge in [-0.2, -0.15) is 0 Å². The number of rotatable bonds is 14. The van der Waals surface area contributed by atoms with E-state index in [0.29, 0.717) is 25.9 Å². The maximum absolute atomic E-state index is 12.4. The number of carbonyl (C=O) groups is 3. The number of carbonyl (C=O) groups excluding carboxylic acids is 3. The van der Waals surface area contributed by atoms with Gasteiger partial charge in [-0.3, -0.25) is 24.4 Å². The highest BCUT2D eigenvalue weighted by Crippen LogP contribution is 2.18. The zero-order valence-electron chi connectivity index (χ0n) is 18.1. The molecule has 0 saturated heterocycles. The summed E-state index contributed by atoms with van der Waals surface area (Å²) < 4.78 is 0. The van der Waals surface area contributed by atoms with E-state index in [9.17, 15) is 14.4 Å². The van der Waals surface area contributed by atoms with Crippen LogP contribution in [0, 0.1) is 5.92 Å². The molecule has 2 aromatic carbocycles. The summed E-state index contributed by atoms with van der Waals surface area (Å²) in [7, 11) is 0. The molecule has 2 amide bonds. The van der Waals surface area contributed by atoms with Crippen molar-refractivity contribution >= 4 is 28.4 Å². The molecule has 0 bridgehead atoms. The van der Waals surface area contributed by atoms with Crippen molar-refractivity contribution in [3.8, 4) is 0 Å². The van der Waals surface area contributed by atoms with Gasteiger partial charge in [0.05, 0.1) is 6.61 Å². The Morgan fingerprint density at radius 1 is 0.935 bits per heavy atom. The molecule has 0 fully saturated rings. The van der Waals surface area contributed by atoms with Gasteiger partial charge in [0.2, 0.25) is 11.8 Å². The average molecular weight is 429 g/mol. The Hall–Kier alpha value is -2.77. The van der Waals surface area contributed by atoms with Crippen LogP contribution in [0.4, 0.5) is 0 Å². The Labute approximate surface area is 183 Å². The van der Waals surface area contributed by atoms with Crippen LogP contribution in [0.15, 0.2) is 42.5 Å². The van der Waals surface area contributed by atoms with Crippen LogP contribution >= 0.6 is 0 Å². The van der Waals surface area contributed by atoms with Crippen LogP contribution in [0.5, 0.6) is 0 Å². The average Bonchev–Trinajstić information content (AvgIpc) is 2.79. The lowest BCUT2D eigenvalue weighted by Gasteiger charge is -2.12. The van der Waals surface area contributed by atoms with E-state index in [-0.39, 0.29) is 24.0 Å². The topological polar surface area (TPSA) is 105 Å². The Morgan fingerprint density at radius 3 is 2.45 bits per heavy atom. The summed E-state index contributed by atoms with van der Waals surface area (Å²) >= 11 is 0. The number of amides is 2. The van der Waals surface area contributed by atoms with Crippen LogP contribution in [0.1, 0.15) is 68.6 Å². The molecule has 7 heteroatoms. The minimum atomic E-state index is -0.434. The standard InChI is InChI=1S/C24H32N2O5/c1-18(24(29)26-31-16-8-7-13-23(28)25-30)9-3-2-4-12-22(27)21-15-14-19-10-5-6-11-20(19)17-21/h5-6,10-11,14-15,17-18,30H,2-4,7-9,12-13,16H2,1H3,(H,25,28)(H,26,29). The summed E-state index contributed by atoms with van der Waals surface area (Å²) in [6.07, 6.45) is 5.20. The van der Waals surface area contributed by atoms with E-state index < -0.39 is 5.91 Å². The predicted molar refractivity (Wildman–Crippen MR) is 118 cm³/mol. The van der Waals surface area contributed by atoms with Gasteiger partial charge in [0.1, 0.15) is 0 Å².